The molecule has 0 rings (SSSR count). The van der Waals surface area contributed by atoms with Crippen LogP contribution < -0.4 is 0 Å². The van der Waals surface area contributed by atoms with Gasteiger partial charge in [-0.1, -0.05) is 0 Å². The van der Waals surface area contributed by atoms with Crippen LogP contribution >= 0.6 is 7.82 Å². The van der Waals surface area contributed by atoms with Crippen LogP contribution in [0.15, 0.2) is 0 Å². The van der Waals surface area contributed by atoms with E-state index in [4.69, 9.17) is 25.1 Å². The quantitative estimate of drug-likeness (QED) is 0.271. The fourth-order valence-corrected chi connectivity index (χ4v) is 0.788. The molecule has 8 heteroatoms. The molecule has 0 saturated carbocycles. The van der Waals surface area contributed by atoms with E-state index < -0.39 is 32.7 Å². The molecule has 0 aromatic carbocycles. The van der Waals surface area contributed by atoms with Gasteiger partial charge in [-0.3, -0.25) is 4.52 Å². The lowest BCUT2D eigenvalue weighted by atomic mass is 10.3. The number of phosphoric acid groups is 1. The minimum Gasteiger partial charge on any atom is -0.393 e. The summed E-state index contributed by atoms with van der Waals surface area (Å²) in [7, 11) is -4.65. The van der Waals surface area contributed by atoms with Crippen LogP contribution in [0.3, 0.4) is 0 Å². The van der Waals surface area contributed by atoms with E-state index in [0.717, 1.165) is 6.92 Å². The molecule has 0 aliphatic rings. The zero-order chi connectivity index (χ0) is 10.7. The van der Waals surface area contributed by atoms with Crippen molar-refractivity contribution in [2.24, 2.45) is 0 Å². The number of hydrogen-bond acceptors (Lipinski definition) is 5. The van der Waals surface area contributed by atoms with E-state index in [0.29, 0.717) is 0 Å². The van der Waals surface area contributed by atoms with E-state index in [1.54, 1.807) is 0 Å². The highest BCUT2D eigenvalue weighted by molar-refractivity contribution is 7.46. The molecule has 0 aromatic rings. The summed E-state index contributed by atoms with van der Waals surface area (Å²) in [6, 6.07) is 0. The summed E-state index contributed by atoms with van der Waals surface area (Å²) in [6.07, 6.45) is -1.56. The van der Waals surface area contributed by atoms with Crippen LogP contribution in [0.5, 0.6) is 0 Å². The maximum atomic E-state index is 10.2. The molecule has 7 nitrogen and oxygen atoms in total. The molecule has 0 spiro atoms. The topological polar surface area (TPSA) is 127 Å². The van der Waals surface area contributed by atoms with Gasteiger partial charge in [0.1, 0.15) is 11.7 Å². The molecule has 13 heavy (non-hydrogen) atoms. The highest BCUT2D eigenvalue weighted by atomic mass is 31.2. The molecule has 80 valence electrons. The van der Waals surface area contributed by atoms with Gasteiger partial charge in [-0.15, -0.1) is 0 Å². The molecule has 0 fully saturated rings. The Labute approximate surface area is 74.8 Å². The molecule has 0 bridgehead atoms. The minimum absolute atomic E-state index is 0.737. The Bertz CT molecular complexity index is 197. The molecule has 0 aliphatic heterocycles. The van der Waals surface area contributed by atoms with Crippen LogP contribution in [0.4, 0.5) is 0 Å². The second kappa shape index (κ2) is 4.47. The summed E-state index contributed by atoms with van der Waals surface area (Å²) in [6.45, 7) is -0.378. The Kier molecular flexibility index (Phi) is 4.47. The highest BCUT2D eigenvalue weighted by Crippen LogP contribution is 2.36. The van der Waals surface area contributed by atoms with Crippen molar-refractivity contribution in [3.63, 3.8) is 0 Å². The van der Waals surface area contributed by atoms with Gasteiger partial charge >= 0.3 is 7.82 Å². The van der Waals surface area contributed by atoms with Gasteiger partial charge in [0.25, 0.3) is 0 Å². The number of hydrogen-bond donors (Lipinski definition) is 5. The van der Waals surface area contributed by atoms with E-state index in [-0.39, 0.29) is 0 Å². The predicted octanol–water partition coefficient (Wildman–Crippen LogP) is -1.80. The fourth-order valence-electron chi connectivity index (χ4n) is 0.453. The zero-order valence-electron chi connectivity index (χ0n) is 6.99. The monoisotopic (exact) mass is 217 g/mol. The van der Waals surface area contributed by atoms with Crippen molar-refractivity contribution < 1.29 is 34.2 Å². The lowest BCUT2D eigenvalue weighted by molar-refractivity contribution is -0.107. The average molecular weight is 217 g/mol. The second-order valence-corrected chi connectivity index (χ2v) is 4.06. The Morgan fingerprint density at radius 1 is 1.54 bits per heavy atom. The maximum Gasteiger partial charge on any atom is 0.469 e. The first-order chi connectivity index (χ1) is 5.69. The van der Waals surface area contributed by atoms with Crippen LogP contribution in [-0.4, -0.2) is 50.0 Å². The number of aliphatic hydroxyl groups excluding tert-OH is 2. The van der Waals surface area contributed by atoms with Crippen molar-refractivity contribution in [1.29, 1.82) is 0 Å². The van der Waals surface area contributed by atoms with Crippen molar-refractivity contribution in [2.45, 2.75) is 18.6 Å². The molecule has 0 heterocycles. The summed E-state index contributed by atoms with van der Waals surface area (Å²) in [5.74, 6) is 0. The summed E-state index contributed by atoms with van der Waals surface area (Å²) in [5, 5.41) is 26.8. The van der Waals surface area contributed by atoms with E-state index in [1.807, 2.05) is 0 Å². The third-order valence-electron chi connectivity index (χ3n) is 1.44. The molecular weight excluding hydrogens is 204 g/mol. The Balaban J connectivity index is 4.02. The lowest BCUT2D eigenvalue weighted by Gasteiger charge is -2.26. The first kappa shape index (κ1) is 13.0. The number of rotatable bonds is 5. The third-order valence-corrected chi connectivity index (χ3v) is 1.92. The number of phosphoric ester groups is 1. The van der Waals surface area contributed by atoms with Gasteiger partial charge in [-0.05, 0) is 6.92 Å². The maximum absolute atomic E-state index is 10.2. The molecule has 0 radical (unpaired) electrons. The SMILES string of the molecule is C[13C@](O)(CO)[C@H](O)COP(=O)(O)O. The Hall–Kier alpha value is -0.0100. The molecule has 5 N–H and O–H groups in total. The predicted molar refractivity (Wildman–Crippen MR) is 41.7 cm³/mol. The van der Waals surface area contributed by atoms with Gasteiger partial charge < -0.3 is 25.1 Å². The van der Waals surface area contributed by atoms with E-state index in [1.165, 1.54) is 0 Å². The van der Waals surface area contributed by atoms with E-state index in [9.17, 15) is 4.57 Å². The summed E-state index contributed by atoms with van der Waals surface area (Å²) < 4.78 is 14.1. The van der Waals surface area contributed by atoms with Crippen LogP contribution in [0.2, 0.25) is 0 Å². The van der Waals surface area contributed by atoms with Gasteiger partial charge in [0.05, 0.1) is 13.2 Å². The van der Waals surface area contributed by atoms with Crippen LogP contribution in [-0.2, 0) is 9.09 Å². The summed E-state index contributed by atoms with van der Waals surface area (Å²) in [5.41, 5.74) is -1.84. The second-order valence-electron chi connectivity index (χ2n) is 2.82. The van der Waals surface area contributed by atoms with Crippen LogP contribution in [0.1, 0.15) is 6.92 Å². The van der Waals surface area contributed by atoms with E-state index >= 15 is 0 Å². The van der Waals surface area contributed by atoms with Crippen molar-refractivity contribution in [1.82, 2.24) is 0 Å². The number of aliphatic hydroxyl groups is 3. The Morgan fingerprint density at radius 3 is 2.31 bits per heavy atom. The van der Waals surface area contributed by atoms with Crippen molar-refractivity contribution in [3.8, 4) is 0 Å². The largest absolute Gasteiger partial charge is 0.469 e. The normalized spacial score (nSPS) is 19.5. The highest BCUT2D eigenvalue weighted by Gasteiger charge is 2.31. The lowest BCUT2D eigenvalue weighted by Crippen LogP contribution is -2.45. The van der Waals surface area contributed by atoms with Crippen LogP contribution in [0, 0.1) is 0 Å². The van der Waals surface area contributed by atoms with Crippen molar-refractivity contribution in [3.05, 3.63) is 0 Å². The molecule has 0 aliphatic carbocycles. The summed E-state index contributed by atoms with van der Waals surface area (Å²) in [4.78, 5) is 16.5. The third kappa shape index (κ3) is 5.33. The van der Waals surface area contributed by atoms with Gasteiger partial charge in [0.2, 0.25) is 0 Å². The van der Waals surface area contributed by atoms with Gasteiger partial charge in [-0.25, -0.2) is 4.57 Å². The van der Waals surface area contributed by atoms with Gasteiger partial charge in [0, 0.05) is 0 Å². The standard InChI is InChI=1S/C5H13O7P/c1-5(8,3-6)4(7)2-12-13(9,10)11/h4,6-8H,2-3H2,1H3,(H2,9,10,11)/t4-,5+/m1/s1/i5+1. The van der Waals surface area contributed by atoms with Crippen molar-refractivity contribution in [2.75, 3.05) is 13.2 Å². The van der Waals surface area contributed by atoms with Crippen LogP contribution in [0.25, 0.3) is 0 Å². The molecular formula is C5H13O7P. The first-order valence-corrected chi connectivity index (χ1v) is 4.93. The minimum atomic E-state index is -4.65. The zero-order valence-corrected chi connectivity index (χ0v) is 7.89. The fraction of sp³-hybridized carbons (Fsp3) is 1.00. The van der Waals surface area contributed by atoms with Gasteiger partial charge in [0.15, 0.2) is 0 Å². The average Bonchev–Trinajstić information content (AvgIpc) is 1.98. The molecule has 0 saturated heterocycles. The van der Waals surface area contributed by atoms with E-state index in [2.05, 4.69) is 4.52 Å². The molecule has 0 amide bonds. The molecule has 0 aromatic heterocycles. The first-order valence-electron chi connectivity index (χ1n) is 3.40. The molecule has 0 unspecified atom stereocenters. The molecule has 2 atom stereocenters. The smallest absolute Gasteiger partial charge is 0.393 e. The van der Waals surface area contributed by atoms with Crippen molar-refractivity contribution >= 4 is 7.82 Å². The summed E-state index contributed by atoms with van der Waals surface area (Å²) >= 11 is 0. The van der Waals surface area contributed by atoms with Gasteiger partial charge in [-0.2, -0.15) is 0 Å². The Morgan fingerprint density at radius 2 is 2.00 bits per heavy atom.